The lowest BCUT2D eigenvalue weighted by molar-refractivity contribution is 0.725. The molecule has 206 valence electrons. The smallest absolute Gasteiger partial charge is 0.185 e. The number of nitrogens with zero attached hydrogens (tertiary/aromatic N) is 1. The van der Waals surface area contributed by atoms with Crippen LogP contribution in [-0.2, 0) is 12.8 Å². The molecular formula is C33H38N6S. The van der Waals surface area contributed by atoms with E-state index < -0.39 is 0 Å². The molecule has 0 spiro atoms. The Kier molecular flexibility index (Phi) is 10.3. The van der Waals surface area contributed by atoms with Gasteiger partial charge in [-0.25, -0.2) is 0 Å². The number of hydrogen-bond acceptors (Lipinski definition) is 4. The van der Waals surface area contributed by atoms with Gasteiger partial charge in [-0.3, -0.25) is 10.4 Å². The Hall–Kier alpha value is -4.20. The second kappa shape index (κ2) is 14.3. The number of hydrogen-bond donors (Lipinski definition) is 5. The summed E-state index contributed by atoms with van der Waals surface area (Å²) in [6.07, 6.45) is 4.87. The Morgan fingerprint density at radius 3 is 1.77 bits per heavy atom. The van der Waals surface area contributed by atoms with Crippen LogP contribution in [0.4, 0.5) is 0 Å². The van der Waals surface area contributed by atoms with E-state index in [0.717, 1.165) is 38.6 Å². The van der Waals surface area contributed by atoms with E-state index in [0.29, 0.717) is 6.54 Å². The molecule has 0 unspecified atom stereocenters. The van der Waals surface area contributed by atoms with Crippen molar-refractivity contribution in [3.8, 4) is 22.3 Å². The summed E-state index contributed by atoms with van der Waals surface area (Å²) in [7, 11) is 2.01. The summed E-state index contributed by atoms with van der Waals surface area (Å²) in [6, 6.07) is 31.6. The van der Waals surface area contributed by atoms with Crippen LogP contribution in [0, 0.1) is 5.41 Å². The molecule has 1 aromatic heterocycles. The molecule has 0 amide bonds. The number of thiophene rings is 1. The first-order valence-corrected chi connectivity index (χ1v) is 14.4. The van der Waals surface area contributed by atoms with Crippen LogP contribution >= 0.6 is 11.3 Å². The summed E-state index contributed by atoms with van der Waals surface area (Å²) >= 11 is 1.87. The number of aryl methyl sites for hydroxylation is 2. The third-order valence-electron chi connectivity index (χ3n) is 6.80. The van der Waals surface area contributed by atoms with Gasteiger partial charge in [-0.1, -0.05) is 60.7 Å². The van der Waals surface area contributed by atoms with Gasteiger partial charge in [-0.2, -0.15) is 0 Å². The molecule has 0 radical (unpaired) electrons. The number of fused-ring (bicyclic) bond motifs is 3. The molecule has 5 aromatic rings. The van der Waals surface area contributed by atoms with E-state index in [1.807, 2.05) is 18.4 Å². The highest BCUT2D eigenvalue weighted by Gasteiger charge is 2.10. The molecule has 6 nitrogen and oxygen atoms in total. The van der Waals surface area contributed by atoms with Crippen molar-refractivity contribution in [2.24, 2.45) is 22.2 Å². The zero-order valence-electron chi connectivity index (χ0n) is 23.0. The van der Waals surface area contributed by atoms with Crippen LogP contribution in [0.3, 0.4) is 0 Å². The molecule has 0 saturated carbocycles. The summed E-state index contributed by atoms with van der Waals surface area (Å²) < 4.78 is 2.65. The molecule has 0 atom stereocenters. The van der Waals surface area contributed by atoms with Crippen molar-refractivity contribution in [2.75, 3.05) is 20.1 Å². The normalized spacial score (nSPS) is 10.7. The summed E-state index contributed by atoms with van der Waals surface area (Å²) in [5.74, 6) is 0.158. The van der Waals surface area contributed by atoms with Crippen LogP contribution in [0.5, 0.6) is 0 Å². The van der Waals surface area contributed by atoms with E-state index in [4.69, 9.17) is 16.9 Å². The van der Waals surface area contributed by atoms with Crippen molar-refractivity contribution >= 4 is 43.8 Å². The lowest BCUT2D eigenvalue weighted by Gasteiger charge is -2.07. The highest BCUT2D eigenvalue weighted by Crippen LogP contribution is 2.38. The van der Waals surface area contributed by atoms with Gasteiger partial charge in [0.15, 0.2) is 5.96 Å². The Morgan fingerprint density at radius 1 is 0.775 bits per heavy atom. The van der Waals surface area contributed by atoms with Gasteiger partial charge < -0.3 is 22.5 Å². The second-order valence-corrected chi connectivity index (χ2v) is 10.8. The lowest BCUT2D eigenvalue weighted by atomic mass is 9.97. The van der Waals surface area contributed by atoms with E-state index in [2.05, 4.69) is 101 Å². The standard InChI is InChI=1S/C32H34N4S.CH4N2/c1-35-16-4-8-22-6-2-10-24(18-22)26-12-14-30-28(20-26)29-21-27(13-15-31(29)37-30)25-11-3-7-23(19-25)9-5-17-36-32(33)34;2-1-3/h2-3,6-7,10-15,18-21,35H,4-5,8-9,16-17H2,1H3,(H4,33,34,36);1H,(H3,2,3). The van der Waals surface area contributed by atoms with Crippen LogP contribution < -0.4 is 22.5 Å². The van der Waals surface area contributed by atoms with Crippen LogP contribution in [0.1, 0.15) is 24.0 Å². The van der Waals surface area contributed by atoms with Crippen molar-refractivity contribution in [3.63, 3.8) is 0 Å². The molecule has 8 N–H and O–H groups in total. The zero-order valence-corrected chi connectivity index (χ0v) is 23.8. The van der Waals surface area contributed by atoms with Crippen molar-refractivity contribution in [1.82, 2.24) is 5.32 Å². The highest BCUT2D eigenvalue weighted by molar-refractivity contribution is 7.25. The maximum absolute atomic E-state index is 5.86. The second-order valence-electron chi connectivity index (χ2n) is 9.71. The molecule has 0 bridgehead atoms. The summed E-state index contributed by atoms with van der Waals surface area (Å²) in [6.45, 7) is 1.70. The monoisotopic (exact) mass is 550 g/mol. The van der Waals surface area contributed by atoms with Gasteiger partial charge in [0.1, 0.15) is 0 Å². The topological polar surface area (TPSA) is 126 Å². The van der Waals surface area contributed by atoms with E-state index >= 15 is 0 Å². The third-order valence-corrected chi connectivity index (χ3v) is 7.95. The van der Waals surface area contributed by atoms with E-state index in [-0.39, 0.29) is 5.96 Å². The Balaban J connectivity index is 0.00000118. The number of guanidine groups is 1. The lowest BCUT2D eigenvalue weighted by Crippen LogP contribution is -2.23. The minimum absolute atomic E-state index is 0.158. The molecule has 5 rings (SSSR count). The number of rotatable bonds is 10. The zero-order chi connectivity index (χ0) is 28.3. The molecule has 0 fully saturated rings. The summed E-state index contributed by atoms with van der Waals surface area (Å²) in [5.41, 5.74) is 23.0. The van der Waals surface area contributed by atoms with E-state index in [9.17, 15) is 0 Å². The van der Waals surface area contributed by atoms with Crippen molar-refractivity contribution < 1.29 is 0 Å². The number of benzene rings is 4. The van der Waals surface area contributed by atoms with E-state index in [1.165, 1.54) is 53.6 Å². The molecule has 0 aliphatic rings. The minimum Gasteiger partial charge on any atom is -0.390 e. The van der Waals surface area contributed by atoms with Gasteiger partial charge in [-0.05, 0) is 96.9 Å². The molecule has 40 heavy (non-hydrogen) atoms. The fourth-order valence-corrected chi connectivity index (χ4v) is 5.98. The van der Waals surface area contributed by atoms with Gasteiger partial charge in [0.2, 0.25) is 0 Å². The van der Waals surface area contributed by atoms with Crippen molar-refractivity contribution in [2.45, 2.75) is 25.7 Å². The van der Waals surface area contributed by atoms with E-state index in [1.54, 1.807) is 0 Å². The van der Waals surface area contributed by atoms with Gasteiger partial charge in [0.05, 0.1) is 6.34 Å². The molecule has 7 heteroatoms. The summed E-state index contributed by atoms with van der Waals surface area (Å²) in [5, 5.41) is 11.8. The highest BCUT2D eigenvalue weighted by atomic mass is 32.1. The first-order chi connectivity index (χ1) is 19.5. The fraction of sp³-hybridized carbons (Fsp3) is 0.212. The Bertz CT molecular complexity index is 1600. The third kappa shape index (κ3) is 7.46. The Labute approximate surface area is 240 Å². The first-order valence-electron chi connectivity index (χ1n) is 13.6. The fourth-order valence-electron chi connectivity index (χ4n) is 4.91. The number of nitrogens with one attached hydrogen (secondary N) is 2. The largest absolute Gasteiger partial charge is 0.390 e. The number of nitrogens with two attached hydrogens (primary N) is 3. The minimum atomic E-state index is 0.158. The molecule has 0 saturated heterocycles. The summed E-state index contributed by atoms with van der Waals surface area (Å²) in [4.78, 5) is 4.10. The predicted octanol–water partition coefficient (Wildman–Crippen LogP) is 6.30. The van der Waals surface area contributed by atoms with Crippen LogP contribution in [0.25, 0.3) is 42.4 Å². The molecular weight excluding hydrogens is 512 g/mol. The molecule has 0 aliphatic heterocycles. The van der Waals surface area contributed by atoms with Gasteiger partial charge >= 0.3 is 0 Å². The van der Waals surface area contributed by atoms with Gasteiger partial charge in [-0.15, -0.1) is 11.3 Å². The maximum Gasteiger partial charge on any atom is 0.185 e. The van der Waals surface area contributed by atoms with Gasteiger partial charge in [0, 0.05) is 26.7 Å². The van der Waals surface area contributed by atoms with Crippen molar-refractivity contribution in [1.29, 1.82) is 5.41 Å². The quantitative estimate of drug-likeness (QED) is 0.0794. The molecule has 0 aliphatic carbocycles. The number of aliphatic imine (C=N–C) groups is 1. The average molecular weight is 551 g/mol. The van der Waals surface area contributed by atoms with Crippen molar-refractivity contribution in [3.05, 3.63) is 96.1 Å². The average Bonchev–Trinajstić information content (AvgIpc) is 3.33. The van der Waals surface area contributed by atoms with Crippen LogP contribution in [-0.4, -0.2) is 32.4 Å². The first kappa shape index (κ1) is 28.8. The molecule has 4 aromatic carbocycles. The van der Waals surface area contributed by atoms with Gasteiger partial charge in [0.25, 0.3) is 0 Å². The SMILES string of the molecule is CNCCCc1cccc(-c2ccc3sc4ccc(-c5cccc(CCCN=C(N)N)c5)cc4c3c2)c1.N=CN. The maximum atomic E-state index is 5.86. The Morgan fingerprint density at radius 2 is 1.27 bits per heavy atom. The predicted molar refractivity (Wildman–Crippen MR) is 174 cm³/mol. The molecule has 1 heterocycles. The van der Waals surface area contributed by atoms with Crippen LogP contribution in [0.15, 0.2) is 89.9 Å². The van der Waals surface area contributed by atoms with Crippen LogP contribution in [0.2, 0.25) is 0 Å².